The van der Waals surface area contributed by atoms with Gasteiger partial charge in [0.2, 0.25) is 5.91 Å². The molecule has 0 heterocycles. The van der Waals surface area contributed by atoms with Crippen molar-refractivity contribution in [2.24, 2.45) is 5.73 Å². The maximum atomic E-state index is 11.6. The molecule has 0 atom stereocenters. The third-order valence-corrected chi connectivity index (χ3v) is 2.93. The lowest BCUT2D eigenvalue weighted by Crippen LogP contribution is -2.24. The zero-order valence-electron chi connectivity index (χ0n) is 11.8. The Balaban J connectivity index is 2.74. The molecule has 0 saturated heterocycles. The van der Waals surface area contributed by atoms with Gasteiger partial charge in [0, 0.05) is 24.6 Å². The number of nitrogens with two attached hydrogens (primary N) is 1. The Morgan fingerprint density at radius 1 is 1.32 bits per heavy atom. The molecule has 3 N–H and O–H groups in total. The van der Waals surface area contributed by atoms with E-state index in [9.17, 15) is 4.79 Å². The summed E-state index contributed by atoms with van der Waals surface area (Å²) in [5, 5.41) is 2.87. The van der Waals surface area contributed by atoms with Gasteiger partial charge >= 0.3 is 0 Å². The van der Waals surface area contributed by atoms with Crippen LogP contribution in [0, 0.1) is 6.92 Å². The first-order chi connectivity index (χ1) is 9.12. The fourth-order valence-corrected chi connectivity index (χ4v) is 1.82. The molecular weight excluding hydrogens is 244 g/mol. The van der Waals surface area contributed by atoms with Gasteiger partial charge in [0.1, 0.15) is 11.5 Å². The minimum atomic E-state index is 0.00252. The van der Waals surface area contributed by atoms with Crippen LogP contribution in [-0.4, -0.2) is 26.7 Å². The summed E-state index contributed by atoms with van der Waals surface area (Å²) in [6.07, 6.45) is 1.15. The first-order valence-electron chi connectivity index (χ1n) is 6.30. The minimum absolute atomic E-state index is 0.00252. The van der Waals surface area contributed by atoms with Gasteiger partial charge in [-0.3, -0.25) is 4.79 Å². The lowest BCUT2D eigenvalue weighted by atomic mass is 10.1. The van der Waals surface area contributed by atoms with E-state index < -0.39 is 0 Å². The second-order valence-corrected chi connectivity index (χ2v) is 4.29. The zero-order chi connectivity index (χ0) is 14.3. The number of carbonyl (C=O) groups is 1. The second kappa shape index (κ2) is 7.63. The first-order valence-corrected chi connectivity index (χ1v) is 6.30. The van der Waals surface area contributed by atoms with Crippen LogP contribution in [0.5, 0.6) is 11.5 Å². The fraction of sp³-hybridized carbons (Fsp3) is 0.500. The van der Waals surface area contributed by atoms with E-state index in [1.54, 1.807) is 14.2 Å². The molecule has 0 aliphatic heterocycles. The van der Waals surface area contributed by atoms with Crippen molar-refractivity contribution in [3.8, 4) is 11.5 Å². The molecule has 19 heavy (non-hydrogen) atoms. The summed E-state index contributed by atoms with van der Waals surface area (Å²) in [5.41, 5.74) is 7.36. The largest absolute Gasteiger partial charge is 0.497 e. The van der Waals surface area contributed by atoms with E-state index in [0.29, 0.717) is 25.9 Å². The number of hydrogen-bond donors (Lipinski definition) is 2. The van der Waals surface area contributed by atoms with Gasteiger partial charge in [0.15, 0.2) is 0 Å². The maximum absolute atomic E-state index is 11.6. The molecule has 106 valence electrons. The number of hydrogen-bond acceptors (Lipinski definition) is 4. The molecule has 1 aromatic carbocycles. The highest BCUT2D eigenvalue weighted by Gasteiger charge is 2.10. The molecular formula is C14H22N2O3. The van der Waals surface area contributed by atoms with Gasteiger partial charge in [-0.15, -0.1) is 0 Å². The van der Waals surface area contributed by atoms with E-state index in [1.165, 1.54) is 0 Å². The Hall–Kier alpha value is -1.75. The van der Waals surface area contributed by atoms with E-state index in [0.717, 1.165) is 22.6 Å². The molecule has 0 fully saturated rings. The van der Waals surface area contributed by atoms with Gasteiger partial charge in [0.25, 0.3) is 0 Å². The number of rotatable bonds is 7. The summed E-state index contributed by atoms with van der Waals surface area (Å²) < 4.78 is 10.5. The number of amides is 1. The maximum Gasteiger partial charge on any atom is 0.220 e. The SMILES string of the molecule is COc1cc(C)c(CNC(=O)CCCN)c(OC)c1. The molecule has 1 amide bonds. The summed E-state index contributed by atoms with van der Waals surface area (Å²) >= 11 is 0. The number of carbonyl (C=O) groups excluding carboxylic acids is 1. The normalized spacial score (nSPS) is 10.1. The predicted octanol–water partition coefficient (Wildman–Crippen LogP) is 1.37. The summed E-state index contributed by atoms with van der Waals surface area (Å²) in [5.74, 6) is 1.46. The van der Waals surface area contributed by atoms with Crippen molar-refractivity contribution in [3.63, 3.8) is 0 Å². The third kappa shape index (κ3) is 4.44. The van der Waals surface area contributed by atoms with Crippen LogP contribution in [0.1, 0.15) is 24.0 Å². The van der Waals surface area contributed by atoms with E-state index in [-0.39, 0.29) is 5.91 Å². The van der Waals surface area contributed by atoms with Gasteiger partial charge in [-0.2, -0.15) is 0 Å². The van der Waals surface area contributed by atoms with Gasteiger partial charge in [-0.1, -0.05) is 0 Å². The molecule has 0 saturated carbocycles. The van der Waals surface area contributed by atoms with Crippen molar-refractivity contribution < 1.29 is 14.3 Å². The molecule has 1 rings (SSSR count). The topological polar surface area (TPSA) is 73.6 Å². The minimum Gasteiger partial charge on any atom is -0.497 e. The van der Waals surface area contributed by atoms with E-state index in [4.69, 9.17) is 15.2 Å². The number of nitrogens with one attached hydrogen (secondary N) is 1. The fourth-order valence-electron chi connectivity index (χ4n) is 1.82. The number of methoxy groups -OCH3 is 2. The lowest BCUT2D eigenvalue weighted by molar-refractivity contribution is -0.121. The predicted molar refractivity (Wildman–Crippen MR) is 74.4 cm³/mol. The van der Waals surface area contributed by atoms with Crippen LogP contribution in [-0.2, 0) is 11.3 Å². The molecule has 0 spiro atoms. The average molecular weight is 266 g/mol. The Bertz CT molecular complexity index is 433. The summed E-state index contributed by atoms with van der Waals surface area (Å²) in [6.45, 7) is 2.94. The van der Waals surface area contributed by atoms with Crippen molar-refractivity contribution in [1.29, 1.82) is 0 Å². The monoisotopic (exact) mass is 266 g/mol. The van der Waals surface area contributed by atoms with Gasteiger partial charge in [-0.05, 0) is 31.5 Å². The van der Waals surface area contributed by atoms with Gasteiger partial charge < -0.3 is 20.5 Å². The summed E-state index contributed by atoms with van der Waals surface area (Å²) in [7, 11) is 3.22. The Kier molecular flexibility index (Phi) is 6.15. The molecule has 1 aromatic rings. The third-order valence-electron chi connectivity index (χ3n) is 2.93. The van der Waals surface area contributed by atoms with E-state index in [2.05, 4.69) is 5.32 Å². The molecule has 0 aliphatic carbocycles. The standard InChI is InChI=1S/C14H22N2O3/c1-10-7-11(18-2)8-13(19-3)12(10)9-16-14(17)5-4-6-15/h7-8H,4-6,9,15H2,1-3H3,(H,16,17). The van der Waals surface area contributed by atoms with Gasteiger partial charge in [-0.25, -0.2) is 0 Å². The lowest BCUT2D eigenvalue weighted by Gasteiger charge is -2.14. The Morgan fingerprint density at radius 3 is 2.63 bits per heavy atom. The highest BCUT2D eigenvalue weighted by Crippen LogP contribution is 2.28. The smallest absolute Gasteiger partial charge is 0.220 e. The van der Waals surface area contributed by atoms with E-state index in [1.807, 2.05) is 19.1 Å². The molecule has 0 bridgehead atoms. The van der Waals surface area contributed by atoms with Crippen molar-refractivity contribution in [3.05, 3.63) is 23.3 Å². The number of aryl methyl sites for hydroxylation is 1. The van der Waals surface area contributed by atoms with Crippen LogP contribution in [0.25, 0.3) is 0 Å². The van der Waals surface area contributed by atoms with Crippen LogP contribution in [0.3, 0.4) is 0 Å². The summed E-state index contributed by atoms with van der Waals surface area (Å²) in [4.78, 5) is 11.6. The molecule has 0 unspecified atom stereocenters. The highest BCUT2D eigenvalue weighted by molar-refractivity contribution is 5.76. The molecule has 0 aliphatic rings. The molecule has 5 nitrogen and oxygen atoms in total. The highest BCUT2D eigenvalue weighted by atomic mass is 16.5. The molecule has 0 radical (unpaired) electrons. The number of benzene rings is 1. The summed E-state index contributed by atoms with van der Waals surface area (Å²) in [6, 6.07) is 3.73. The van der Waals surface area contributed by atoms with Crippen molar-refractivity contribution in [2.75, 3.05) is 20.8 Å². The van der Waals surface area contributed by atoms with Crippen LogP contribution in [0.2, 0.25) is 0 Å². The van der Waals surface area contributed by atoms with Crippen LogP contribution < -0.4 is 20.5 Å². The van der Waals surface area contributed by atoms with Gasteiger partial charge in [0.05, 0.1) is 14.2 Å². The molecule has 5 heteroatoms. The van der Waals surface area contributed by atoms with E-state index >= 15 is 0 Å². The van der Waals surface area contributed by atoms with Crippen molar-refractivity contribution in [2.45, 2.75) is 26.3 Å². The van der Waals surface area contributed by atoms with Crippen molar-refractivity contribution >= 4 is 5.91 Å². The molecule has 0 aromatic heterocycles. The van der Waals surface area contributed by atoms with Crippen LogP contribution in [0.4, 0.5) is 0 Å². The van der Waals surface area contributed by atoms with Crippen LogP contribution in [0.15, 0.2) is 12.1 Å². The Morgan fingerprint density at radius 2 is 2.05 bits per heavy atom. The van der Waals surface area contributed by atoms with Crippen LogP contribution >= 0.6 is 0 Å². The Labute approximate surface area is 114 Å². The quantitative estimate of drug-likeness (QED) is 0.781. The number of ether oxygens (including phenoxy) is 2. The first kappa shape index (κ1) is 15.3. The average Bonchev–Trinajstić information content (AvgIpc) is 2.42. The second-order valence-electron chi connectivity index (χ2n) is 4.29. The van der Waals surface area contributed by atoms with Crippen molar-refractivity contribution in [1.82, 2.24) is 5.32 Å². The zero-order valence-corrected chi connectivity index (χ0v) is 11.8.